The van der Waals surface area contributed by atoms with Crippen LogP contribution in [0.3, 0.4) is 0 Å². The number of aromatic nitrogens is 2. The van der Waals surface area contributed by atoms with Crippen molar-refractivity contribution in [1.29, 1.82) is 0 Å². The summed E-state index contributed by atoms with van der Waals surface area (Å²) in [7, 11) is 0. The number of nitrogens with zero attached hydrogens (tertiary/aromatic N) is 2. The fourth-order valence-electron chi connectivity index (χ4n) is 1.97. The van der Waals surface area contributed by atoms with E-state index in [1.54, 1.807) is 12.4 Å². The Bertz CT molecular complexity index is 760. The van der Waals surface area contributed by atoms with Crippen molar-refractivity contribution in [1.82, 2.24) is 9.97 Å². The van der Waals surface area contributed by atoms with E-state index < -0.39 is 0 Å². The van der Waals surface area contributed by atoms with E-state index in [1.807, 2.05) is 47.8 Å². The van der Waals surface area contributed by atoms with Crippen molar-refractivity contribution in [2.45, 2.75) is 6.61 Å². The molecule has 0 saturated carbocycles. The molecule has 0 aliphatic carbocycles. The Balaban J connectivity index is 1.49. The first-order valence-corrected chi connectivity index (χ1v) is 7.97. The van der Waals surface area contributed by atoms with Crippen LogP contribution < -0.4 is 5.32 Å². The van der Waals surface area contributed by atoms with Gasteiger partial charge in [0, 0.05) is 23.3 Å². The first kappa shape index (κ1) is 15.3. The Hall–Kier alpha value is -2.57. The average Bonchev–Trinajstić information content (AvgIpc) is 3.05. The van der Waals surface area contributed by atoms with Gasteiger partial charge in [0.25, 0.3) is 5.91 Å². The van der Waals surface area contributed by atoms with E-state index in [-0.39, 0.29) is 12.5 Å². The Morgan fingerprint density at radius 3 is 2.83 bits per heavy atom. The monoisotopic (exact) mass is 325 g/mol. The minimum atomic E-state index is -0.215. The molecule has 0 bridgehead atoms. The largest absolute Gasteiger partial charge is 0.367 e. The molecule has 0 spiro atoms. The fraction of sp³-hybridized carbons (Fsp3) is 0.118. The van der Waals surface area contributed by atoms with Crippen molar-refractivity contribution in [2.24, 2.45) is 0 Å². The summed E-state index contributed by atoms with van der Waals surface area (Å²) >= 11 is 1.38. The highest BCUT2D eigenvalue weighted by molar-refractivity contribution is 7.14. The second-order valence-corrected chi connectivity index (χ2v) is 5.66. The highest BCUT2D eigenvalue weighted by atomic mass is 32.1. The molecule has 1 amide bonds. The molecule has 0 saturated heterocycles. The second-order valence-electron chi connectivity index (χ2n) is 4.81. The number of benzene rings is 1. The molecular formula is C17H15N3O2S. The van der Waals surface area contributed by atoms with Crippen LogP contribution in [0.1, 0.15) is 5.56 Å². The van der Waals surface area contributed by atoms with Crippen LogP contribution in [-0.2, 0) is 16.1 Å². The number of hydrogen-bond donors (Lipinski definition) is 1. The lowest BCUT2D eigenvalue weighted by Gasteiger charge is -2.04. The molecule has 0 unspecified atom stereocenters. The van der Waals surface area contributed by atoms with Crippen molar-refractivity contribution >= 4 is 22.4 Å². The van der Waals surface area contributed by atoms with E-state index in [1.165, 1.54) is 11.3 Å². The molecule has 0 radical (unpaired) electrons. The topological polar surface area (TPSA) is 64.1 Å². The summed E-state index contributed by atoms with van der Waals surface area (Å²) in [5.74, 6) is -0.215. The van der Waals surface area contributed by atoms with Crippen molar-refractivity contribution in [2.75, 3.05) is 11.9 Å². The Morgan fingerprint density at radius 1 is 1.17 bits per heavy atom. The molecule has 2 aromatic heterocycles. The SMILES string of the molecule is O=C(COCc1ccccc1)Nc1nc(-c2cccnc2)cs1. The van der Waals surface area contributed by atoms with Gasteiger partial charge in [-0.3, -0.25) is 15.1 Å². The molecule has 5 nitrogen and oxygen atoms in total. The molecule has 2 heterocycles. The standard InChI is InChI=1S/C17H15N3O2S/c21-16(11-22-10-13-5-2-1-3-6-13)20-17-19-15(12-23-17)14-7-4-8-18-9-14/h1-9,12H,10-11H2,(H,19,20,21). The molecular weight excluding hydrogens is 310 g/mol. The number of anilines is 1. The Morgan fingerprint density at radius 2 is 2.04 bits per heavy atom. The summed E-state index contributed by atoms with van der Waals surface area (Å²) in [6.45, 7) is 0.407. The van der Waals surface area contributed by atoms with Crippen molar-refractivity contribution < 1.29 is 9.53 Å². The number of thiazole rings is 1. The van der Waals surface area contributed by atoms with Crippen molar-refractivity contribution in [3.05, 3.63) is 65.8 Å². The van der Waals surface area contributed by atoms with Gasteiger partial charge in [0.15, 0.2) is 5.13 Å². The third-order valence-electron chi connectivity index (χ3n) is 3.05. The third kappa shape index (κ3) is 4.45. The fourth-order valence-corrected chi connectivity index (χ4v) is 2.71. The minimum absolute atomic E-state index is 0.00327. The van der Waals surface area contributed by atoms with Crippen molar-refractivity contribution in [3.63, 3.8) is 0 Å². The smallest absolute Gasteiger partial charge is 0.252 e. The lowest BCUT2D eigenvalue weighted by molar-refractivity contribution is -0.121. The molecule has 23 heavy (non-hydrogen) atoms. The van der Waals surface area contributed by atoms with Crippen LogP contribution in [0.2, 0.25) is 0 Å². The minimum Gasteiger partial charge on any atom is -0.367 e. The summed E-state index contributed by atoms with van der Waals surface area (Å²) in [4.78, 5) is 20.3. The second kappa shape index (κ2) is 7.62. The summed E-state index contributed by atoms with van der Waals surface area (Å²) in [6.07, 6.45) is 3.45. The maximum absolute atomic E-state index is 11.9. The van der Waals surface area contributed by atoms with Gasteiger partial charge >= 0.3 is 0 Å². The van der Waals surface area contributed by atoms with Crippen molar-refractivity contribution in [3.8, 4) is 11.3 Å². The zero-order valence-electron chi connectivity index (χ0n) is 12.3. The first-order valence-electron chi connectivity index (χ1n) is 7.09. The summed E-state index contributed by atoms with van der Waals surface area (Å²) in [5.41, 5.74) is 2.75. The van der Waals surface area contributed by atoms with Gasteiger partial charge in [-0.25, -0.2) is 4.98 Å². The third-order valence-corrected chi connectivity index (χ3v) is 3.81. The van der Waals surface area contributed by atoms with Gasteiger partial charge in [0.1, 0.15) is 6.61 Å². The van der Waals surface area contributed by atoms with Gasteiger partial charge < -0.3 is 4.74 Å². The zero-order valence-corrected chi connectivity index (χ0v) is 13.1. The predicted molar refractivity (Wildman–Crippen MR) is 90.1 cm³/mol. The lowest BCUT2D eigenvalue weighted by atomic mass is 10.2. The normalized spacial score (nSPS) is 10.4. The number of nitrogens with one attached hydrogen (secondary N) is 1. The summed E-state index contributed by atoms with van der Waals surface area (Å²) < 4.78 is 5.40. The van der Waals surface area contributed by atoms with E-state index in [4.69, 9.17) is 4.74 Å². The molecule has 1 N–H and O–H groups in total. The number of amides is 1. The number of carbonyl (C=O) groups is 1. The lowest BCUT2D eigenvalue weighted by Crippen LogP contribution is -2.18. The average molecular weight is 325 g/mol. The predicted octanol–water partition coefficient (Wildman–Crippen LogP) is 3.36. The van der Waals surface area contributed by atoms with Gasteiger partial charge in [-0.15, -0.1) is 11.3 Å². The van der Waals surface area contributed by atoms with Crippen LogP contribution in [0.5, 0.6) is 0 Å². The van der Waals surface area contributed by atoms with Crippen LogP contribution in [0.15, 0.2) is 60.2 Å². The molecule has 0 atom stereocenters. The number of carbonyl (C=O) groups excluding carboxylic acids is 1. The van der Waals surface area contributed by atoms with Gasteiger partial charge in [-0.2, -0.15) is 0 Å². The number of pyridine rings is 1. The highest BCUT2D eigenvalue weighted by Gasteiger charge is 2.08. The van der Waals surface area contributed by atoms with Crippen LogP contribution in [0.25, 0.3) is 11.3 Å². The number of hydrogen-bond acceptors (Lipinski definition) is 5. The van der Waals surface area contributed by atoms with E-state index in [0.717, 1.165) is 16.8 Å². The quantitative estimate of drug-likeness (QED) is 0.755. The molecule has 116 valence electrons. The zero-order chi connectivity index (χ0) is 15.9. The van der Waals surface area contributed by atoms with Crippen LogP contribution >= 0.6 is 11.3 Å². The molecule has 6 heteroatoms. The van der Waals surface area contributed by atoms with Gasteiger partial charge in [-0.05, 0) is 17.7 Å². The highest BCUT2D eigenvalue weighted by Crippen LogP contribution is 2.23. The summed E-state index contributed by atoms with van der Waals surface area (Å²) in [5, 5.41) is 5.18. The van der Waals surface area contributed by atoms with E-state index >= 15 is 0 Å². The Labute approximate surface area is 138 Å². The van der Waals surface area contributed by atoms with Gasteiger partial charge in [-0.1, -0.05) is 30.3 Å². The molecule has 3 rings (SSSR count). The molecule has 0 aliphatic heterocycles. The molecule has 1 aromatic carbocycles. The molecule has 0 aliphatic rings. The van der Waals surface area contributed by atoms with E-state index in [2.05, 4.69) is 15.3 Å². The van der Waals surface area contributed by atoms with Crippen LogP contribution in [0.4, 0.5) is 5.13 Å². The van der Waals surface area contributed by atoms with Gasteiger partial charge in [0.2, 0.25) is 0 Å². The number of rotatable bonds is 6. The Kier molecular flexibility index (Phi) is 5.08. The van der Waals surface area contributed by atoms with Crippen LogP contribution in [0, 0.1) is 0 Å². The van der Waals surface area contributed by atoms with Crippen LogP contribution in [-0.4, -0.2) is 22.5 Å². The summed E-state index contributed by atoms with van der Waals surface area (Å²) in [6, 6.07) is 13.5. The maximum Gasteiger partial charge on any atom is 0.252 e. The molecule has 0 fully saturated rings. The van der Waals surface area contributed by atoms with E-state index in [9.17, 15) is 4.79 Å². The molecule has 3 aromatic rings. The maximum atomic E-state index is 11.9. The van der Waals surface area contributed by atoms with Gasteiger partial charge in [0.05, 0.1) is 12.3 Å². The number of ether oxygens (including phenoxy) is 1. The van der Waals surface area contributed by atoms with E-state index in [0.29, 0.717) is 11.7 Å². The first-order chi connectivity index (χ1) is 11.3.